The Morgan fingerprint density at radius 1 is 1.07 bits per heavy atom. The van der Waals surface area contributed by atoms with Crippen LogP contribution in [-0.2, 0) is 13.0 Å². The van der Waals surface area contributed by atoms with Crippen molar-refractivity contribution < 1.29 is 9.18 Å². The lowest BCUT2D eigenvalue weighted by Crippen LogP contribution is -2.32. The first-order valence-corrected chi connectivity index (χ1v) is 10.7. The van der Waals surface area contributed by atoms with Crippen LogP contribution in [-0.4, -0.2) is 41.9 Å². The van der Waals surface area contributed by atoms with Crippen molar-refractivity contribution in [1.29, 1.82) is 0 Å². The van der Waals surface area contributed by atoms with Crippen LogP contribution < -0.4 is 0 Å². The van der Waals surface area contributed by atoms with Gasteiger partial charge in [0.15, 0.2) is 5.82 Å². The minimum absolute atomic E-state index is 0.0330. The third-order valence-corrected chi connectivity index (χ3v) is 6.26. The van der Waals surface area contributed by atoms with Crippen LogP contribution in [0.4, 0.5) is 4.39 Å². The molecule has 0 spiro atoms. The maximum atomic E-state index is 13.5. The maximum Gasteiger partial charge on any atom is 0.257 e. The second-order valence-electron chi connectivity index (χ2n) is 8.13. The van der Waals surface area contributed by atoms with Crippen molar-refractivity contribution in [1.82, 2.24) is 29.4 Å². The van der Waals surface area contributed by atoms with Crippen molar-refractivity contribution >= 4 is 5.91 Å². The molecule has 4 heterocycles. The van der Waals surface area contributed by atoms with E-state index in [2.05, 4.69) is 19.9 Å². The minimum Gasteiger partial charge on any atom is -0.328 e. The van der Waals surface area contributed by atoms with Crippen molar-refractivity contribution in [2.45, 2.75) is 58.0 Å². The van der Waals surface area contributed by atoms with Crippen LogP contribution in [0.5, 0.6) is 0 Å². The number of benzene rings is 1. The zero-order valence-electron chi connectivity index (χ0n) is 17.1. The molecule has 8 heteroatoms. The van der Waals surface area contributed by atoms with Crippen LogP contribution in [0.3, 0.4) is 0 Å². The summed E-state index contributed by atoms with van der Waals surface area (Å²) in [5.74, 6) is 1.63. The fraction of sp³-hybridized carbons (Fsp3) is 0.455. The number of hydrogen-bond acceptors (Lipinski definition) is 4. The molecule has 0 radical (unpaired) electrons. The van der Waals surface area contributed by atoms with Crippen LogP contribution in [0.2, 0.25) is 0 Å². The monoisotopic (exact) mass is 408 g/mol. The molecule has 5 rings (SSSR count). The van der Waals surface area contributed by atoms with E-state index in [9.17, 15) is 9.18 Å². The van der Waals surface area contributed by atoms with Gasteiger partial charge in [-0.05, 0) is 56.9 Å². The molecule has 156 valence electrons. The number of amides is 1. The molecule has 0 unspecified atom stereocenters. The van der Waals surface area contributed by atoms with Gasteiger partial charge in [0.25, 0.3) is 5.91 Å². The van der Waals surface area contributed by atoms with Crippen molar-refractivity contribution in [2.75, 3.05) is 6.54 Å². The molecule has 1 atom stereocenters. The molecular formula is C22H25FN6O. The summed E-state index contributed by atoms with van der Waals surface area (Å²) in [5, 5.41) is 13.3. The number of rotatable bonds is 3. The molecule has 1 amide bonds. The molecule has 1 saturated heterocycles. The van der Waals surface area contributed by atoms with E-state index >= 15 is 0 Å². The van der Waals surface area contributed by atoms with Gasteiger partial charge in [0.05, 0.1) is 29.2 Å². The van der Waals surface area contributed by atoms with Gasteiger partial charge in [0.2, 0.25) is 0 Å². The van der Waals surface area contributed by atoms with E-state index < -0.39 is 0 Å². The molecule has 2 aliphatic heterocycles. The summed E-state index contributed by atoms with van der Waals surface area (Å²) in [5.41, 5.74) is 2.05. The van der Waals surface area contributed by atoms with Gasteiger partial charge in [0, 0.05) is 19.5 Å². The summed E-state index contributed by atoms with van der Waals surface area (Å²) in [4.78, 5) is 15.4. The molecule has 30 heavy (non-hydrogen) atoms. The van der Waals surface area contributed by atoms with Crippen LogP contribution >= 0.6 is 0 Å². The summed E-state index contributed by atoms with van der Waals surface area (Å²) in [6.07, 6.45) is 7.89. The Bertz CT molecular complexity index is 1070. The number of carbonyl (C=O) groups is 1. The second-order valence-corrected chi connectivity index (χ2v) is 8.13. The Morgan fingerprint density at radius 3 is 2.73 bits per heavy atom. The molecular weight excluding hydrogens is 383 g/mol. The minimum atomic E-state index is -0.299. The number of aryl methyl sites for hydroxylation is 1. The van der Waals surface area contributed by atoms with Gasteiger partial charge in [-0.15, -0.1) is 10.2 Å². The Balaban J connectivity index is 1.44. The third kappa shape index (κ3) is 3.20. The molecule has 1 fully saturated rings. The molecule has 2 aromatic heterocycles. The highest BCUT2D eigenvalue weighted by Gasteiger charge is 2.36. The normalized spacial score (nSPS) is 19.0. The SMILES string of the molecule is Cc1c(C(=O)N2CCC[C@H]2c2nnc3n2CCCCC3)cnn1-c1ccc(F)cc1. The van der Waals surface area contributed by atoms with Crippen LogP contribution in [0, 0.1) is 12.7 Å². The smallest absolute Gasteiger partial charge is 0.257 e. The van der Waals surface area contributed by atoms with E-state index in [1.807, 2.05) is 11.8 Å². The number of nitrogens with zero attached hydrogens (tertiary/aromatic N) is 6. The summed E-state index contributed by atoms with van der Waals surface area (Å²) in [6.45, 7) is 3.50. The van der Waals surface area contributed by atoms with Gasteiger partial charge in [-0.1, -0.05) is 6.42 Å². The number of fused-ring (bicyclic) bond motifs is 1. The molecule has 0 aliphatic carbocycles. The maximum absolute atomic E-state index is 13.5. The highest BCUT2D eigenvalue weighted by Crippen LogP contribution is 2.34. The first-order chi connectivity index (χ1) is 14.6. The van der Waals surface area contributed by atoms with E-state index in [0.717, 1.165) is 61.7 Å². The summed E-state index contributed by atoms with van der Waals surface area (Å²) in [7, 11) is 0. The molecule has 1 aromatic carbocycles. The largest absolute Gasteiger partial charge is 0.328 e. The predicted molar refractivity (Wildman–Crippen MR) is 109 cm³/mol. The van der Waals surface area contributed by atoms with Crippen LogP contribution in [0.15, 0.2) is 30.5 Å². The van der Waals surface area contributed by atoms with E-state index in [4.69, 9.17) is 0 Å². The van der Waals surface area contributed by atoms with Gasteiger partial charge in [-0.25, -0.2) is 9.07 Å². The first-order valence-electron chi connectivity index (χ1n) is 10.7. The summed E-state index contributed by atoms with van der Waals surface area (Å²) in [6, 6.07) is 6.06. The number of hydrogen-bond donors (Lipinski definition) is 0. The van der Waals surface area contributed by atoms with E-state index in [-0.39, 0.29) is 17.8 Å². The lowest BCUT2D eigenvalue weighted by atomic mass is 10.1. The molecule has 0 bridgehead atoms. The average Bonchev–Trinajstić information content (AvgIpc) is 3.43. The van der Waals surface area contributed by atoms with E-state index in [1.165, 1.54) is 18.6 Å². The van der Waals surface area contributed by atoms with Gasteiger partial charge in [-0.2, -0.15) is 5.10 Å². The van der Waals surface area contributed by atoms with Crippen LogP contribution in [0.1, 0.15) is 65.8 Å². The van der Waals surface area contributed by atoms with Gasteiger partial charge in [0.1, 0.15) is 11.6 Å². The zero-order chi connectivity index (χ0) is 20.7. The Hall–Kier alpha value is -3.03. The fourth-order valence-corrected chi connectivity index (χ4v) is 4.65. The summed E-state index contributed by atoms with van der Waals surface area (Å²) >= 11 is 0. The van der Waals surface area contributed by atoms with Crippen LogP contribution in [0.25, 0.3) is 5.69 Å². The molecule has 7 nitrogen and oxygen atoms in total. The Labute approximate surface area is 174 Å². The highest BCUT2D eigenvalue weighted by atomic mass is 19.1. The Morgan fingerprint density at radius 2 is 1.90 bits per heavy atom. The number of likely N-dealkylation sites (tertiary alicyclic amines) is 1. The van der Waals surface area contributed by atoms with Crippen molar-refractivity contribution in [2.24, 2.45) is 0 Å². The number of carbonyl (C=O) groups excluding carboxylic acids is 1. The van der Waals surface area contributed by atoms with Crippen molar-refractivity contribution in [3.8, 4) is 5.69 Å². The molecule has 0 N–H and O–H groups in total. The predicted octanol–water partition coefficient (Wildman–Crippen LogP) is 3.62. The van der Waals surface area contributed by atoms with Gasteiger partial charge < -0.3 is 9.47 Å². The van der Waals surface area contributed by atoms with Gasteiger partial charge in [-0.3, -0.25) is 4.79 Å². The Kier molecular flexibility index (Phi) is 4.84. The number of halogens is 1. The third-order valence-electron chi connectivity index (χ3n) is 6.26. The van der Waals surface area contributed by atoms with Crippen molar-refractivity contribution in [3.63, 3.8) is 0 Å². The topological polar surface area (TPSA) is 68.8 Å². The van der Waals surface area contributed by atoms with Crippen molar-refractivity contribution in [3.05, 3.63) is 59.2 Å². The first kappa shape index (κ1) is 19.0. The van der Waals surface area contributed by atoms with E-state index in [0.29, 0.717) is 12.1 Å². The lowest BCUT2D eigenvalue weighted by Gasteiger charge is -2.24. The molecule has 3 aromatic rings. The lowest BCUT2D eigenvalue weighted by molar-refractivity contribution is 0.0726. The van der Waals surface area contributed by atoms with E-state index in [1.54, 1.807) is 23.0 Å². The highest BCUT2D eigenvalue weighted by molar-refractivity contribution is 5.95. The fourth-order valence-electron chi connectivity index (χ4n) is 4.65. The zero-order valence-corrected chi connectivity index (χ0v) is 17.1. The summed E-state index contributed by atoms with van der Waals surface area (Å²) < 4.78 is 17.2. The standard InChI is InChI=1S/C22H25FN6O/c1-15-18(14-24-29(15)17-10-8-16(23)9-11-17)22(30)27-13-5-6-19(27)21-26-25-20-7-3-2-4-12-28(20)21/h8-11,14,19H,2-7,12-13H2,1H3/t19-/m0/s1. The average molecular weight is 408 g/mol. The molecule has 0 saturated carbocycles. The van der Waals surface area contributed by atoms with Gasteiger partial charge >= 0.3 is 0 Å². The molecule has 2 aliphatic rings. The second kappa shape index (κ2) is 7.66. The number of aromatic nitrogens is 5. The quantitative estimate of drug-likeness (QED) is 0.664.